The van der Waals surface area contributed by atoms with Gasteiger partial charge in [-0.05, 0) is 36.8 Å². The highest BCUT2D eigenvalue weighted by Crippen LogP contribution is 2.25. The third-order valence-electron chi connectivity index (χ3n) is 5.39. The summed E-state index contributed by atoms with van der Waals surface area (Å²) in [6.07, 6.45) is 3.39. The first-order valence-corrected chi connectivity index (χ1v) is 10.0. The number of carbonyl (C=O) groups is 1. The maximum absolute atomic E-state index is 11.4. The number of rotatable bonds is 6. The Morgan fingerprint density at radius 2 is 1.67 bits per heavy atom. The standard InChI is InChI=1S/C23H25N5O2/c1-17-6-2-3-9-20(17)27-12-14-28(15-13-27)22-18(7-4-11-25-22)16-26-21-19(23(29)30)8-5-10-24-21/h2-11H,12-16H2,1H3,(H,24,26)(H,29,30). The molecule has 1 fully saturated rings. The number of carboxylic acid groups (broad SMARTS) is 1. The molecule has 1 aromatic carbocycles. The SMILES string of the molecule is Cc1ccccc1N1CCN(c2ncccc2CNc2ncccc2C(=O)O)CC1. The number of para-hydroxylation sites is 1. The van der Waals surface area contributed by atoms with Gasteiger partial charge in [-0.3, -0.25) is 0 Å². The van der Waals surface area contributed by atoms with Gasteiger partial charge >= 0.3 is 5.97 Å². The lowest BCUT2D eigenvalue weighted by Gasteiger charge is -2.38. The molecule has 2 N–H and O–H groups in total. The van der Waals surface area contributed by atoms with Crippen molar-refractivity contribution >= 4 is 23.3 Å². The van der Waals surface area contributed by atoms with E-state index in [-0.39, 0.29) is 5.56 Å². The summed E-state index contributed by atoms with van der Waals surface area (Å²) < 4.78 is 0. The number of anilines is 3. The molecule has 0 unspecified atom stereocenters. The van der Waals surface area contributed by atoms with Crippen LogP contribution < -0.4 is 15.1 Å². The second kappa shape index (κ2) is 8.82. The number of benzene rings is 1. The lowest BCUT2D eigenvalue weighted by molar-refractivity contribution is 0.0697. The van der Waals surface area contributed by atoms with E-state index in [1.807, 2.05) is 12.1 Å². The molecule has 1 aliphatic heterocycles. The van der Waals surface area contributed by atoms with Crippen molar-refractivity contribution in [3.8, 4) is 0 Å². The van der Waals surface area contributed by atoms with Gasteiger partial charge in [-0.25, -0.2) is 14.8 Å². The molecule has 154 valence electrons. The normalized spacial score (nSPS) is 13.9. The zero-order valence-electron chi connectivity index (χ0n) is 17.0. The van der Waals surface area contributed by atoms with Gasteiger partial charge in [-0.1, -0.05) is 24.3 Å². The lowest BCUT2D eigenvalue weighted by atomic mass is 10.1. The minimum absolute atomic E-state index is 0.162. The number of nitrogens with zero attached hydrogens (tertiary/aromatic N) is 4. The van der Waals surface area contributed by atoms with Crippen molar-refractivity contribution in [1.82, 2.24) is 9.97 Å². The maximum atomic E-state index is 11.4. The Labute approximate surface area is 176 Å². The second-order valence-corrected chi connectivity index (χ2v) is 7.30. The summed E-state index contributed by atoms with van der Waals surface area (Å²) in [6.45, 7) is 6.21. The predicted molar refractivity (Wildman–Crippen MR) is 118 cm³/mol. The van der Waals surface area contributed by atoms with Crippen LogP contribution in [-0.2, 0) is 6.54 Å². The number of aryl methyl sites for hydroxylation is 1. The minimum atomic E-state index is -0.996. The van der Waals surface area contributed by atoms with Crippen molar-refractivity contribution in [1.29, 1.82) is 0 Å². The Morgan fingerprint density at radius 1 is 0.967 bits per heavy atom. The number of pyridine rings is 2. The molecule has 7 heteroatoms. The van der Waals surface area contributed by atoms with Crippen LogP contribution in [0.1, 0.15) is 21.5 Å². The van der Waals surface area contributed by atoms with Crippen molar-refractivity contribution in [2.45, 2.75) is 13.5 Å². The van der Waals surface area contributed by atoms with Crippen LogP contribution in [0.4, 0.5) is 17.3 Å². The van der Waals surface area contributed by atoms with Crippen molar-refractivity contribution in [2.24, 2.45) is 0 Å². The van der Waals surface area contributed by atoms with E-state index in [1.54, 1.807) is 24.5 Å². The van der Waals surface area contributed by atoms with E-state index < -0.39 is 5.97 Å². The molecular weight excluding hydrogens is 378 g/mol. The zero-order chi connectivity index (χ0) is 20.9. The molecule has 4 rings (SSSR count). The first-order valence-electron chi connectivity index (χ1n) is 10.0. The average Bonchev–Trinajstić information content (AvgIpc) is 2.78. The fraction of sp³-hybridized carbons (Fsp3) is 0.261. The monoisotopic (exact) mass is 403 g/mol. The molecule has 0 atom stereocenters. The van der Waals surface area contributed by atoms with Crippen molar-refractivity contribution in [3.05, 3.63) is 77.6 Å². The minimum Gasteiger partial charge on any atom is -0.478 e. The third-order valence-corrected chi connectivity index (χ3v) is 5.39. The molecule has 0 bridgehead atoms. The van der Waals surface area contributed by atoms with Crippen LogP contribution in [0.2, 0.25) is 0 Å². The number of piperazine rings is 1. The lowest BCUT2D eigenvalue weighted by Crippen LogP contribution is -2.47. The van der Waals surface area contributed by atoms with Gasteiger partial charge in [0, 0.05) is 56.4 Å². The highest BCUT2D eigenvalue weighted by Gasteiger charge is 2.21. The molecule has 0 saturated carbocycles. The molecule has 3 heterocycles. The number of hydrogen-bond acceptors (Lipinski definition) is 6. The Hall–Kier alpha value is -3.61. The first kappa shape index (κ1) is 19.7. The number of nitrogens with one attached hydrogen (secondary N) is 1. The van der Waals surface area contributed by atoms with Crippen LogP contribution in [0.3, 0.4) is 0 Å². The fourth-order valence-electron chi connectivity index (χ4n) is 3.83. The number of aromatic nitrogens is 2. The van der Waals surface area contributed by atoms with E-state index in [4.69, 9.17) is 0 Å². The Kier molecular flexibility index (Phi) is 5.79. The molecule has 1 aliphatic rings. The predicted octanol–water partition coefficient (Wildman–Crippen LogP) is 3.42. The Morgan fingerprint density at radius 3 is 2.43 bits per heavy atom. The number of hydrogen-bond donors (Lipinski definition) is 2. The summed E-state index contributed by atoms with van der Waals surface area (Å²) in [6, 6.07) is 15.6. The molecule has 0 radical (unpaired) electrons. The maximum Gasteiger partial charge on any atom is 0.339 e. The van der Waals surface area contributed by atoms with E-state index in [2.05, 4.69) is 56.3 Å². The molecule has 0 aliphatic carbocycles. The van der Waals surface area contributed by atoms with Gasteiger partial charge in [0.05, 0.1) is 0 Å². The van der Waals surface area contributed by atoms with Crippen LogP contribution in [0, 0.1) is 6.92 Å². The summed E-state index contributed by atoms with van der Waals surface area (Å²) in [5.41, 5.74) is 3.76. The van der Waals surface area contributed by atoms with E-state index in [9.17, 15) is 9.90 Å². The van der Waals surface area contributed by atoms with Crippen LogP contribution >= 0.6 is 0 Å². The molecule has 0 spiro atoms. The van der Waals surface area contributed by atoms with E-state index in [0.29, 0.717) is 12.4 Å². The molecule has 30 heavy (non-hydrogen) atoms. The van der Waals surface area contributed by atoms with Gasteiger partial charge in [0.1, 0.15) is 17.2 Å². The molecular formula is C23H25N5O2. The Bertz CT molecular complexity index is 1030. The summed E-state index contributed by atoms with van der Waals surface area (Å²) in [7, 11) is 0. The highest BCUT2D eigenvalue weighted by atomic mass is 16.4. The summed E-state index contributed by atoms with van der Waals surface area (Å²) in [4.78, 5) is 24.9. The van der Waals surface area contributed by atoms with E-state index in [0.717, 1.165) is 37.6 Å². The van der Waals surface area contributed by atoms with Gasteiger partial charge in [0.25, 0.3) is 0 Å². The molecule has 1 saturated heterocycles. The van der Waals surface area contributed by atoms with E-state index >= 15 is 0 Å². The summed E-state index contributed by atoms with van der Waals surface area (Å²) in [5.74, 6) is 0.302. The molecule has 0 amide bonds. The molecule has 3 aromatic rings. The van der Waals surface area contributed by atoms with Gasteiger partial charge < -0.3 is 20.2 Å². The first-order chi connectivity index (χ1) is 14.6. The number of aromatic carboxylic acids is 1. The van der Waals surface area contributed by atoms with Crippen molar-refractivity contribution < 1.29 is 9.90 Å². The second-order valence-electron chi connectivity index (χ2n) is 7.30. The van der Waals surface area contributed by atoms with E-state index in [1.165, 1.54) is 11.3 Å². The van der Waals surface area contributed by atoms with Gasteiger partial charge in [-0.15, -0.1) is 0 Å². The van der Waals surface area contributed by atoms with Crippen LogP contribution in [0.5, 0.6) is 0 Å². The fourth-order valence-corrected chi connectivity index (χ4v) is 3.83. The smallest absolute Gasteiger partial charge is 0.339 e. The quantitative estimate of drug-likeness (QED) is 0.653. The number of carboxylic acids is 1. The third kappa shape index (κ3) is 4.20. The van der Waals surface area contributed by atoms with Gasteiger partial charge in [-0.2, -0.15) is 0 Å². The summed E-state index contributed by atoms with van der Waals surface area (Å²) in [5, 5.41) is 12.5. The van der Waals surface area contributed by atoms with Gasteiger partial charge in [0.2, 0.25) is 0 Å². The van der Waals surface area contributed by atoms with Crippen LogP contribution in [-0.4, -0.2) is 47.2 Å². The largest absolute Gasteiger partial charge is 0.478 e. The Balaban J connectivity index is 1.46. The van der Waals surface area contributed by atoms with Crippen LogP contribution in [0.15, 0.2) is 60.9 Å². The summed E-state index contributed by atoms with van der Waals surface area (Å²) >= 11 is 0. The topological polar surface area (TPSA) is 81.6 Å². The molecule has 2 aromatic heterocycles. The van der Waals surface area contributed by atoms with Gasteiger partial charge in [0.15, 0.2) is 0 Å². The molecule has 7 nitrogen and oxygen atoms in total. The van der Waals surface area contributed by atoms with Crippen molar-refractivity contribution in [3.63, 3.8) is 0 Å². The zero-order valence-corrected chi connectivity index (χ0v) is 17.0. The highest BCUT2D eigenvalue weighted by molar-refractivity contribution is 5.93. The average molecular weight is 403 g/mol. The van der Waals surface area contributed by atoms with Crippen molar-refractivity contribution in [2.75, 3.05) is 41.3 Å². The van der Waals surface area contributed by atoms with Crippen LogP contribution in [0.25, 0.3) is 0 Å².